The molecule has 122 valence electrons. The van der Waals surface area contributed by atoms with E-state index in [0.29, 0.717) is 5.69 Å². The number of amides is 1. The maximum absolute atomic E-state index is 11.9. The van der Waals surface area contributed by atoms with Gasteiger partial charge in [0.25, 0.3) is 0 Å². The first-order chi connectivity index (χ1) is 11.0. The first-order valence-corrected chi connectivity index (χ1v) is 7.15. The van der Waals surface area contributed by atoms with E-state index in [1.54, 1.807) is 17.8 Å². The molecule has 0 bridgehead atoms. The van der Waals surface area contributed by atoms with E-state index in [1.165, 1.54) is 0 Å². The molecule has 0 saturated heterocycles. The minimum absolute atomic E-state index is 0.119. The molecule has 0 radical (unpaired) electrons. The Kier molecular flexibility index (Phi) is 5.35. The Hall–Kier alpha value is -2.83. The average molecular weight is 317 g/mol. The highest BCUT2D eigenvalue weighted by atomic mass is 16.5. The van der Waals surface area contributed by atoms with Crippen LogP contribution in [0.1, 0.15) is 29.4 Å². The van der Waals surface area contributed by atoms with Crippen molar-refractivity contribution in [2.45, 2.75) is 26.0 Å². The standard InChI is InChI=1S/C16H19N3O4/c1-11-8-14(18-19(11)2)13(9-15(20)21)17-16(22)23-10-12-6-4-3-5-7-12/h3-8,13H,9-10H2,1-2H3,(H,17,22)(H,20,21)/t13-/m0/s1. The van der Waals surface area contributed by atoms with Crippen LogP contribution in [0.3, 0.4) is 0 Å². The van der Waals surface area contributed by atoms with Gasteiger partial charge in [0.15, 0.2) is 0 Å². The van der Waals surface area contributed by atoms with Crippen molar-refractivity contribution in [3.63, 3.8) is 0 Å². The Morgan fingerprint density at radius 2 is 2.04 bits per heavy atom. The Morgan fingerprint density at radius 3 is 2.61 bits per heavy atom. The molecule has 0 spiro atoms. The van der Waals surface area contributed by atoms with Gasteiger partial charge in [-0.2, -0.15) is 5.10 Å². The fourth-order valence-corrected chi connectivity index (χ4v) is 2.07. The second-order valence-electron chi connectivity index (χ2n) is 5.19. The summed E-state index contributed by atoms with van der Waals surface area (Å²) in [5, 5.41) is 15.8. The topological polar surface area (TPSA) is 93.5 Å². The minimum atomic E-state index is -1.03. The molecule has 2 N–H and O–H groups in total. The molecule has 1 aromatic heterocycles. The van der Waals surface area contributed by atoms with Crippen LogP contribution in [-0.2, 0) is 23.2 Å². The van der Waals surface area contributed by atoms with E-state index in [4.69, 9.17) is 9.84 Å². The fraction of sp³-hybridized carbons (Fsp3) is 0.312. The lowest BCUT2D eigenvalue weighted by Crippen LogP contribution is -2.31. The first-order valence-electron chi connectivity index (χ1n) is 7.15. The average Bonchev–Trinajstić information content (AvgIpc) is 2.85. The van der Waals surface area contributed by atoms with E-state index >= 15 is 0 Å². The van der Waals surface area contributed by atoms with Crippen molar-refractivity contribution in [2.24, 2.45) is 7.05 Å². The zero-order chi connectivity index (χ0) is 16.8. The predicted octanol–water partition coefficient (Wildman–Crippen LogP) is 2.17. The molecule has 0 aliphatic carbocycles. The van der Waals surface area contributed by atoms with Crippen LogP contribution in [0, 0.1) is 6.92 Å². The number of benzene rings is 1. The van der Waals surface area contributed by atoms with Gasteiger partial charge in [-0.15, -0.1) is 0 Å². The summed E-state index contributed by atoms with van der Waals surface area (Å²) in [6.07, 6.45) is -0.944. The quantitative estimate of drug-likeness (QED) is 0.851. The maximum atomic E-state index is 11.9. The molecular formula is C16H19N3O4. The summed E-state index contributed by atoms with van der Waals surface area (Å²) in [5.74, 6) is -1.03. The van der Waals surface area contributed by atoms with Crippen molar-refractivity contribution >= 4 is 12.1 Å². The van der Waals surface area contributed by atoms with Crippen LogP contribution in [0.15, 0.2) is 36.4 Å². The molecule has 0 aliphatic rings. The van der Waals surface area contributed by atoms with Gasteiger partial charge in [-0.3, -0.25) is 9.48 Å². The van der Waals surface area contributed by atoms with Crippen molar-refractivity contribution in [1.82, 2.24) is 15.1 Å². The van der Waals surface area contributed by atoms with Crippen LogP contribution in [0.5, 0.6) is 0 Å². The third kappa shape index (κ3) is 4.84. The largest absolute Gasteiger partial charge is 0.481 e. The first kappa shape index (κ1) is 16.5. The summed E-state index contributed by atoms with van der Waals surface area (Å²) in [6.45, 7) is 1.97. The molecule has 23 heavy (non-hydrogen) atoms. The van der Waals surface area contributed by atoms with Gasteiger partial charge in [-0.05, 0) is 18.6 Å². The molecule has 0 saturated carbocycles. The summed E-state index contributed by atoms with van der Waals surface area (Å²) in [7, 11) is 1.75. The van der Waals surface area contributed by atoms with Crippen molar-refractivity contribution in [3.8, 4) is 0 Å². The van der Waals surface area contributed by atoms with Gasteiger partial charge in [0.05, 0.1) is 18.2 Å². The van der Waals surface area contributed by atoms with Crippen molar-refractivity contribution in [2.75, 3.05) is 0 Å². The van der Waals surface area contributed by atoms with Crippen LogP contribution < -0.4 is 5.32 Å². The number of aromatic nitrogens is 2. The maximum Gasteiger partial charge on any atom is 0.408 e. The summed E-state index contributed by atoms with van der Waals surface area (Å²) in [4.78, 5) is 22.9. The molecule has 2 aromatic rings. The fourth-order valence-electron chi connectivity index (χ4n) is 2.07. The molecule has 1 heterocycles. The van der Waals surface area contributed by atoms with Crippen LogP contribution in [-0.4, -0.2) is 26.9 Å². The molecule has 1 atom stereocenters. The Balaban J connectivity index is 1.99. The van der Waals surface area contributed by atoms with Gasteiger partial charge in [-0.25, -0.2) is 4.79 Å². The zero-order valence-electron chi connectivity index (χ0n) is 13.0. The molecule has 7 nitrogen and oxygen atoms in total. The van der Waals surface area contributed by atoms with Gasteiger partial charge in [0, 0.05) is 12.7 Å². The molecule has 1 aromatic carbocycles. The number of hydrogen-bond donors (Lipinski definition) is 2. The monoisotopic (exact) mass is 317 g/mol. The number of carboxylic acids is 1. The van der Waals surface area contributed by atoms with Crippen LogP contribution in [0.4, 0.5) is 4.79 Å². The van der Waals surface area contributed by atoms with E-state index in [1.807, 2.05) is 37.3 Å². The number of nitrogens with zero attached hydrogens (tertiary/aromatic N) is 2. The smallest absolute Gasteiger partial charge is 0.408 e. The van der Waals surface area contributed by atoms with E-state index in [-0.39, 0.29) is 13.0 Å². The summed E-state index contributed by atoms with van der Waals surface area (Å²) in [5.41, 5.74) is 2.21. The molecule has 0 unspecified atom stereocenters. The van der Waals surface area contributed by atoms with Gasteiger partial charge < -0.3 is 15.2 Å². The number of carbonyl (C=O) groups is 2. The summed E-state index contributed by atoms with van der Waals surface area (Å²) in [6, 6.07) is 10.2. The molecule has 2 rings (SSSR count). The van der Waals surface area contributed by atoms with Crippen molar-refractivity contribution < 1.29 is 19.4 Å². The Morgan fingerprint density at radius 1 is 1.35 bits per heavy atom. The number of carbonyl (C=O) groups excluding carboxylic acids is 1. The van der Waals surface area contributed by atoms with E-state index in [9.17, 15) is 9.59 Å². The third-order valence-corrected chi connectivity index (χ3v) is 3.37. The Bertz CT molecular complexity index is 662. The molecule has 1 amide bonds. The molecule has 7 heteroatoms. The van der Waals surface area contributed by atoms with Crippen molar-refractivity contribution in [1.29, 1.82) is 0 Å². The lowest BCUT2D eigenvalue weighted by Gasteiger charge is -2.15. The summed E-state index contributed by atoms with van der Waals surface area (Å²) < 4.78 is 6.75. The van der Waals surface area contributed by atoms with Crippen molar-refractivity contribution in [3.05, 3.63) is 53.3 Å². The lowest BCUT2D eigenvalue weighted by molar-refractivity contribution is -0.137. The highest BCUT2D eigenvalue weighted by molar-refractivity contribution is 5.71. The lowest BCUT2D eigenvalue weighted by atomic mass is 10.1. The normalized spacial score (nSPS) is 11.7. The number of nitrogens with one attached hydrogen (secondary N) is 1. The van der Waals surface area contributed by atoms with E-state index in [0.717, 1.165) is 11.3 Å². The molecule has 0 fully saturated rings. The second-order valence-corrected chi connectivity index (χ2v) is 5.19. The third-order valence-electron chi connectivity index (χ3n) is 3.37. The number of alkyl carbamates (subject to hydrolysis) is 1. The highest BCUT2D eigenvalue weighted by Gasteiger charge is 2.21. The van der Waals surface area contributed by atoms with Crippen LogP contribution in [0.2, 0.25) is 0 Å². The van der Waals surface area contributed by atoms with Gasteiger partial charge in [-0.1, -0.05) is 30.3 Å². The number of ether oxygens (including phenoxy) is 1. The minimum Gasteiger partial charge on any atom is -0.481 e. The number of aryl methyl sites for hydroxylation is 2. The second kappa shape index (κ2) is 7.44. The highest BCUT2D eigenvalue weighted by Crippen LogP contribution is 2.17. The number of aliphatic carboxylic acids is 1. The zero-order valence-corrected chi connectivity index (χ0v) is 13.0. The van der Waals surface area contributed by atoms with Gasteiger partial charge >= 0.3 is 12.1 Å². The number of carboxylic acid groups (broad SMARTS) is 1. The van der Waals surface area contributed by atoms with Crippen LogP contribution >= 0.6 is 0 Å². The number of hydrogen-bond acceptors (Lipinski definition) is 4. The molecular weight excluding hydrogens is 298 g/mol. The number of rotatable bonds is 6. The van der Waals surface area contributed by atoms with E-state index in [2.05, 4.69) is 10.4 Å². The van der Waals surface area contributed by atoms with E-state index < -0.39 is 18.1 Å². The summed E-state index contributed by atoms with van der Waals surface area (Å²) >= 11 is 0. The Labute approximate surface area is 133 Å². The molecule has 0 aliphatic heterocycles. The van der Waals surface area contributed by atoms with Gasteiger partial charge in [0.1, 0.15) is 6.61 Å². The van der Waals surface area contributed by atoms with Gasteiger partial charge in [0.2, 0.25) is 0 Å². The SMILES string of the molecule is Cc1cc([C@H](CC(=O)O)NC(=O)OCc2ccccc2)nn1C. The predicted molar refractivity (Wildman–Crippen MR) is 82.7 cm³/mol. The van der Waals surface area contributed by atoms with Crippen LogP contribution in [0.25, 0.3) is 0 Å².